The van der Waals surface area contributed by atoms with Gasteiger partial charge in [0, 0.05) is 27.2 Å². The molecule has 3 heterocycles. The van der Waals surface area contributed by atoms with Gasteiger partial charge in [-0.15, -0.1) is 0 Å². The van der Waals surface area contributed by atoms with Crippen molar-refractivity contribution in [2.45, 2.75) is 45.6 Å². The zero-order chi connectivity index (χ0) is 18.3. The molecule has 1 fully saturated rings. The van der Waals surface area contributed by atoms with Crippen molar-refractivity contribution in [2.75, 3.05) is 18.0 Å². The van der Waals surface area contributed by atoms with E-state index in [0.29, 0.717) is 17.1 Å². The number of rotatable bonds is 3. The van der Waals surface area contributed by atoms with Gasteiger partial charge in [-0.2, -0.15) is 4.98 Å². The number of anilines is 1. The van der Waals surface area contributed by atoms with E-state index in [9.17, 15) is 14.4 Å². The van der Waals surface area contributed by atoms with E-state index in [1.807, 2.05) is 0 Å². The minimum atomic E-state index is -0.520. The van der Waals surface area contributed by atoms with Crippen LogP contribution >= 0.6 is 0 Å². The molecule has 25 heavy (non-hydrogen) atoms. The highest BCUT2D eigenvalue weighted by Crippen LogP contribution is 2.26. The van der Waals surface area contributed by atoms with Gasteiger partial charge in [-0.05, 0) is 26.7 Å². The number of aryl methyl sites for hydroxylation is 1. The number of carbonyl (C=O) groups excluding carboxylic acids is 1. The Labute approximate surface area is 145 Å². The van der Waals surface area contributed by atoms with Crippen molar-refractivity contribution in [3.63, 3.8) is 0 Å². The van der Waals surface area contributed by atoms with Crippen LogP contribution in [0.5, 0.6) is 0 Å². The average molecular weight is 347 g/mol. The lowest BCUT2D eigenvalue weighted by Crippen LogP contribution is -2.38. The first kappa shape index (κ1) is 17.4. The number of fused-ring (bicyclic) bond motifs is 1. The van der Waals surface area contributed by atoms with Crippen LogP contribution in [0.25, 0.3) is 11.2 Å². The monoisotopic (exact) mass is 347 g/mol. The Morgan fingerprint density at radius 2 is 1.64 bits per heavy atom. The van der Waals surface area contributed by atoms with Crippen LogP contribution in [0.3, 0.4) is 0 Å². The molecule has 0 amide bonds. The predicted molar refractivity (Wildman–Crippen MR) is 96.3 cm³/mol. The third-order valence-corrected chi connectivity index (χ3v) is 5.14. The molecule has 2 aromatic rings. The minimum absolute atomic E-state index is 0.0497. The number of aromatic nitrogens is 4. The maximum Gasteiger partial charge on any atom is 0.332 e. The number of hydrogen-bond acceptors (Lipinski definition) is 5. The smallest absolute Gasteiger partial charge is 0.332 e. The fraction of sp³-hybridized carbons (Fsp3) is 0.647. The Morgan fingerprint density at radius 1 is 1.04 bits per heavy atom. The fourth-order valence-electron chi connectivity index (χ4n) is 3.45. The maximum absolute atomic E-state index is 12.8. The van der Waals surface area contributed by atoms with Crippen LogP contribution in [0.2, 0.25) is 0 Å². The molecule has 2 aromatic heterocycles. The lowest BCUT2D eigenvalue weighted by molar-refractivity contribution is -0.119. The summed E-state index contributed by atoms with van der Waals surface area (Å²) in [5.41, 5.74) is -0.188. The van der Waals surface area contributed by atoms with Gasteiger partial charge in [0.05, 0.1) is 6.04 Å². The van der Waals surface area contributed by atoms with Crippen molar-refractivity contribution in [1.82, 2.24) is 18.7 Å². The normalized spacial score (nSPS) is 16.9. The van der Waals surface area contributed by atoms with Crippen LogP contribution in [0.4, 0.5) is 5.95 Å². The van der Waals surface area contributed by atoms with E-state index in [-0.39, 0.29) is 5.78 Å². The Kier molecular flexibility index (Phi) is 4.53. The molecule has 8 nitrogen and oxygen atoms in total. The molecule has 0 bridgehead atoms. The highest BCUT2D eigenvalue weighted by molar-refractivity contribution is 5.84. The first-order chi connectivity index (χ1) is 11.8. The first-order valence-corrected chi connectivity index (χ1v) is 8.78. The van der Waals surface area contributed by atoms with Crippen LogP contribution in [0, 0.1) is 0 Å². The van der Waals surface area contributed by atoms with Crippen LogP contribution < -0.4 is 16.1 Å². The van der Waals surface area contributed by atoms with Crippen LogP contribution in [-0.4, -0.2) is 37.6 Å². The number of hydrogen-bond donors (Lipinski definition) is 0. The summed E-state index contributed by atoms with van der Waals surface area (Å²) >= 11 is 0. The average Bonchev–Trinajstić information content (AvgIpc) is 2.78. The molecular weight excluding hydrogens is 322 g/mol. The SMILES string of the molecule is CC(=O)[C@@H](C)n1c(N2CCCCCC2)nc2c1c(=O)n(C)c(=O)n2C. The van der Waals surface area contributed by atoms with Gasteiger partial charge in [-0.1, -0.05) is 12.8 Å². The van der Waals surface area contributed by atoms with Crippen LogP contribution in [0.1, 0.15) is 45.6 Å². The lowest BCUT2D eigenvalue weighted by Gasteiger charge is -2.24. The highest BCUT2D eigenvalue weighted by Gasteiger charge is 2.27. The summed E-state index contributed by atoms with van der Waals surface area (Å²) in [5, 5.41) is 0. The number of ketones is 1. The third-order valence-electron chi connectivity index (χ3n) is 5.14. The zero-order valence-corrected chi connectivity index (χ0v) is 15.3. The van der Waals surface area contributed by atoms with E-state index in [2.05, 4.69) is 9.88 Å². The lowest BCUT2D eigenvalue weighted by atomic mass is 10.2. The maximum atomic E-state index is 12.8. The van der Waals surface area contributed by atoms with Gasteiger partial charge < -0.3 is 4.90 Å². The predicted octanol–water partition coefficient (Wildman–Crippen LogP) is 0.964. The van der Waals surface area contributed by atoms with Gasteiger partial charge in [-0.3, -0.25) is 23.3 Å². The summed E-state index contributed by atoms with van der Waals surface area (Å²) < 4.78 is 4.16. The Bertz CT molecular complexity index is 928. The van der Waals surface area contributed by atoms with E-state index in [4.69, 9.17) is 0 Å². The number of carbonyl (C=O) groups is 1. The highest BCUT2D eigenvalue weighted by atomic mass is 16.2. The number of nitrogens with zero attached hydrogens (tertiary/aromatic N) is 5. The molecule has 1 aliphatic heterocycles. The second-order valence-electron chi connectivity index (χ2n) is 6.85. The minimum Gasteiger partial charge on any atom is -0.342 e. The molecule has 0 aliphatic carbocycles. The molecule has 1 atom stereocenters. The van der Waals surface area contributed by atoms with Crippen molar-refractivity contribution in [3.05, 3.63) is 20.8 Å². The Morgan fingerprint density at radius 3 is 2.20 bits per heavy atom. The van der Waals surface area contributed by atoms with Crippen molar-refractivity contribution in [1.29, 1.82) is 0 Å². The van der Waals surface area contributed by atoms with Crippen molar-refractivity contribution in [3.8, 4) is 0 Å². The molecule has 8 heteroatoms. The van der Waals surface area contributed by atoms with E-state index < -0.39 is 17.3 Å². The molecule has 0 unspecified atom stereocenters. The van der Waals surface area contributed by atoms with Crippen LogP contribution in [-0.2, 0) is 18.9 Å². The second-order valence-corrected chi connectivity index (χ2v) is 6.85. The fourth-order valence-corrected chi connectivity index (χ4v) is 3.45. The molecule has 0 radical (unpaired) electrons. The van der Waals surface area contributed by atoms with Crippen molar-refractivity contribution < 1.29 is 4.79 Å². The van der Waals surface area contributed by atoms with Gasteiger partial charge in [0.15, 0.2) is 16.9 Å². The summed E-state index contributed by atoms with van der Waals surface area (Å²) in [5.74, 6) is 0.559. The van der Waals surface area contributed by atoms with E-state index >= 15 is 0 Å². The summed E-state index contributed by atoms with van der Waals surface area (Å²) in [7, 11) is 3.05. The molecule has 136 valence electrons. The Balaban J connectivity index is 2.36. The van der Waals surface area contributed by atoms with Gasteiger partial charge in [-0.25, -0.2) is 4.79 Å². The molecule has 0 N–H and O–H groups in total. The van der Waals surface area contributed by atoms with Gasteiger partial charge in [0.1, 0.15) is 0 Å². The molecule has 0 spiro atoms. The molecule has 1 aliphatic rings. The van der Waals surface area contributed by atoms with Gasteiger partial charge in [0.2, 0.25) is 5.95 Å². The van der Waals surface area contributed by atoms with E-state index in [1.165, 1.54) is 31.4 Å². The zero-order valence-electron chi connectivity index (χ0n) is 15.3. The number of Topliss-reactive ketones (excluding diaryl/α,β-unsaturated/α-hetero) is 1. The van der Waals surface area contributed by atoms with Gasteiger partial charge in [0.25, 0.3) is 5.56 Å². The van der Waals surface area contributed by atoms with Gasteiger partial charge >= 0.3 is 5.69 Å². The first-order valence-electron chi connectivity index (χ1n) is 8.78. The Hall–Kier alpha value is -2.38. The standard InChI is InChI=1S/C17H25N5O3/c1-11(12(2)23)22-13-14(19(3)17(25)20(4)15(13)24)18-16(22)21-9-7-5-6-8-10-21/h11H,5-10H2,1-4H3/t11-/m1/s1. The molecule has 1 saturated heterocycles. The van der Waals surface area contributed by atoms with Crippen LogP contribution in [0.15, 0.2) is 9.59 Å². The molecule has 0 aromatic carbocycles. The molecular formula is C17H25N5O3. The van der Waals surface area contributed by atoms with Crippen molar-refractivity contribution in [2.24, 2.45) is 14.1 Å². The molecule has 3 rings (SSSR count). The summed E-state index contributed by atoms with van der Waals surface area (Å²) in [4.78, 5) is 43.9. The molecule has 0 saturated carbocycles. The van der Waals surface area contributed by atoms with Crippen molar-refractivity contribution >= 4 is 22.9 Å². The quantitative estimate of drug-likeness (QED) is 0.826. The third kappa shape index (κ3) is 2.79. The second kappa shape index (κ2) is 6.50. The van der Waals surface area contributed by atoms with E-state index in [0.717, 1.165) is 30.5 Å². The summed E-state index contributed by atoms with van der Waals surface area (Å²) in [6.07, 6.45) is 4.43. The summed E-state index contributed by atoms with van der Waals surface area (Å²) in [6.45, 7) is 4.95. The van der Waals surface area contributed by atoms with E-state index in [1.54, 1.807) is 18.5 Å². The number of imidazole rings is 1. The summed E-state index contributed by atoms with van der Waals surface area (Å²) in [6, 6.07) is -0.520. The topological polar surface area (TPSA) is 82.1 Å². The largest absolute Gasteiger partial charge is 0.342 e.